The molecule has 0 aliphatic rings. The molecule has 2 N–H and O–H groups in total. The van der Waals surface area contributed by atoms with Gasteiger partial charge in [0.25, 0.3) is 0 Å². The minimum absolute atomic E-state index is 0.281. The maximum Gasteiger partial charge on any atom is 0.320 e. The zero-order valence-corrected chi connectivity index (χ0v) is 11.4. The number of fused-ring (bicyclic) bond motifs is 1. The van der Waals surface area contributed by atoms with Crippen molar-refractivity contribution in [1.29, 1.82) is 0 Å². The molecule has 0 fully saturated rings. The van der Waals surface area contributed by atoms with Gasteiger partial charge in [-0.05, 0) is 31.2 Å². The lowest BCUT2D eigenvalue weighted by molar-refractivity contribution is 0.252. The summed E-state index contributed by atoms with van der Waals surface area (Å²) in [5.41, 5.74) is 2.40. The van der Waals surface area contributed by atoms with Crippen LogP contribution in [0.3, 0.4) is 0 Å². The first kappa shape index (κ1) is 13.0. The fourth-order valence-corrected chi connectivity index (χ4v) is 1.92. The van der Waals surface area contributed by atoms with Crippen LogP contribution in [0.25, 0.3) is 16.9 Å². The second-order valence-corrected chi connectivity index (χ2v) is 4.37. The van der Waals surface area contributed by atoms with E-state index in [2.05, 4.69) is 25.7 Å². The molecule has 0 saturated carbocycles. The van der Waals surface area contributed by atoms with E-state index in [4.69, 9.17) is 0 Å². The van der Waals surface area contributed by atoms with Crippen molar-refractivity contribution < 1.29 is 4.79 Å². The number of urea groups is 1. The number of amides is 2. The molecule has 3 aromatic heterocycles. The summed E-state index contributed by atoms with van der Waals surface area (Å²) in [7, 11) is 0. The Hall–Kier alpha value is -2.96. The van der Waals surface area contributed by atoms with Crippen molar-refractivity contribution in [3.8, 4) is 11.3 Å². The van der Waals surface area contributed by atoms with Gasteiger partial charge in [-0.1, -0.05) is 0 Å². The molecule has 7 heteroatoms. The zero-order chi connectivity index (χ0) is 14.7. The van der Waals surface area contributed by atoms with E-state index in [1.54, 1.807) is 35.2 Å². The van der Waals surface area contributed by atoms with Gasteiger partial charge < -0.3 is 5.32 Å². The molecule has 0 aliphatic carbocycles. The monoisotopic (exact) mass is 282 g/mol. The Kier molecular flexibility index (Phi) is 3.46. The molecule has 0 aromatic carbocycles. The molecule has 0 saturated heterocycles. The van der Waals surface area contributed by atoms with Crippen LogP contribution in [0.5, 0.6) is 0 Å². The van der Waals surface area contributed by atoms with Gasteiger partial charge in [-0.3, -0.25) is 10.3 Å². The normalized spacial score (nSPS) is 10.5. The highest BCUT2D eigenvalue weighted by Gasteiger charge is 2.07. The van der Waals surface area contributed by atoms with E-state index >= 15 is 0 Å². The summed E-state index contributed by atoms with van der Waals surface area (Å²) in [5, 5.41) is 9.62. The summed E-state index contributed by atoms with van der Waals surface area (Å²) in [6.07, 6.45) is 5.26. The lowest BCUT2D eigenvalue weighted by Gasteiger charge is -2.04. The maximum atomic E-state index is 11.5. The summed E-state index contributed by atoms with van der Waals surface area (Å²) in [5.74, 6) is 0.462. The van der Waals surface area contributed by atoms with E-state index in [1.807, 2.05) is 19.1 Å². The third-order valence-corrected chi connectivity index (χ3v) is 2.86. The predicted octanol–water partition coefficient (Wildman–Crippen LogP) is 1.93. The number of carbonyl (C=O) groups is 1. The van der Waals surface area contributed by atoms with Crippen LogP contribution in [0.4, 0.5) is 10.6 Å². The van der Waals surface area contributed by atoms with E-state index in [0.717, 1.165) is 11.3 Å². The van der Waals surface area contributed by atoms with Crippen molar-refractivity contribution in [2.24, 2.45) is 0 Å². The molecule has 21 heavy (non-hydrogen) atoms. The number of anilines is 1. The summed E-state index contributed by atoms with van der Waals surface area (Å²) < 4.78 is 1.63. The molecule has 3 heterocycles. The van der Waals surface area contributed by atoms with Crippen LogP contribution >= 0.6 is 0 Å². The second-order valence-electron chi connectivity index (χ2n) is 4.37. The van der Waals surface area contributed by atoms with E-state index < -0.39 is 0 Å². The van der Waals surface area contributed by atoms with Crippen molar-refractivity contribution in [2.75, 3.05) is 11.9 Å². The number of rotatable bonds is 3. The van der Waals surface area contributed by atoms with E-state index in [1.165, 1.54) is 0 Å². The van der Waals surface area contributed by atoms with Gasteiger partial charge in [-0.2, -0.15) is 0 Å². The van der Waals surface area contributed by atoms with Crippen LogP contribution in [0, 0.1) is 0 Å². The summed E-state index contributed by atoms with van der Waals surface area (Å²) >= 11 is 0. The van der Waals surface area contributed by atoms with Crippen molar-refractivity contribution in [2.45, 2.75) is 6.92 Å². The van der Waals surface area contributed by atoms with Gasteiger partial charge in [0.15, 0.2) is 11.5 Å². The van der Waals surface area contributed by atoms with E-state index in [0.29, 0.717) is 18.0 Å². The summed E-state index contributed by atoms with van der Waals surface area (Å²) in [6, 6.07) is 7.02. The fourth-order valence-electron chi connectivity index (χ4n) is 1.92. The standard InChI is InChI=1S/C14H14N6O/c1-2-16-14(21)18-12-5-6-13-17-11(9-20(13)19-12)10-4-3-7-15-8-10/h3-9H,2H2,1H3,(H2,16,18,19,21). The highest BCUT2D eigenvalue weighted by atomic mass is 16.2. The minimum Gasteiger partial charge on any atom is -0.338 e. The molecule has 0 aliphatic heterocycles. The molecule has 0 spiro atoms. The highest BCUT2D eigenvalue weighted by Crippen LogP contribution is 2.17. The topological polar surface area (TPSA) is 84.2 Å². The third kappa shape index (κ3) is 2.81. The molecule has 0 atom stereocenters. The number of nitrogens with zero attached hydrogens (tertiary/aromatic N) is 4. The Balaban J connectivity index is 1.90. The quantitative estimate of drug-likeness (QED) is 0.768. The molecule has 106 valence electrons. The van der Waals surface area contributed by atoms with Crippen molar-refractivity contribution in [3.63, 3.8) is 0 Å². The van der Waals surface area contributed by atoms with Crippen LogP contribution in [0.15, 0.2) is 42.9 Å². The first-order chi connectivity index (χ1) is 10.3. The number of aromatic nitrogens is 4. The molecular weight excluding hydrogens is 268 g/mol. The van der Waals surface area contributed by atoms with Gasteiger partial charge in [0, 0.05) is 24.5 Å². The van der Waals surface area contributed by atoms with Crippen LogP contribution in [0.2, 0.25) is 0 Å². The Morgan fingerprint density at radius 2 is 2.24 bits per heavy atom. The average Bonchev–Trinajstić information content (AvgIpc) is 2.91. The SMILES string of the molecule is CCNC(=O)Nc1ccc2nc(-c3cccnc3)cn2n1. The molecule has 7 nitrogen and oxygen atoms in total. The van der Waals surface area contributed by atoms with Gasteiger partial charge in [-0.25, -0.2) is 14.3 Å². The number of nitrogens with one attached hydrogen (secondary N) is 2. The van der Waals surface area contributed by atoms with Crippen LogP contribution < -0.4 is 10.6 Å². The Morgan fingerprint density at radius 1 is 1.33 bits per heavy atom. The van der Waals surface area contributed by atoms with Gasteiger partial charge in [0.05, 0.1) is 11.9 Å². The molecule has 0 unspecified atom stereocenters. The van der Waals surface area contributed by atoms with Gasteiger partial charge in [0.2, 0.25) is 0 Å². The van der Waals surface area contributed by atoms with Crippen LogP contribution in [-0.4, -0.2) is 32.2 Å². The second kappa shape index (κ2) is 5.58. The number of pyridine rings is 1. The first-order valence-electron chi connectivity index (χ1n) is 6.58. The lowest BCUT2D eigenvalue weighted by Crippen LogP contribution is -2.28. The number of hydrogen-bond donors (Lipinski definition) is 2. The van der Waals surface area contributed by atoms with Gasteiger partial charge in [0.1, 0.15) is 0 Å². The Labute approximate surface area is 121 Å². The number of carbonyl (C=O) groups excluding carboxylic acids is 1. The van der Waals surface area contributed by atoms with E-state index in [9.17, 15) is 4.79 Å². The summed E-state index contributed by atoms with van der Waals surface area (Å²) in [6.45, 7) is 2.41. The minimum atomic E-state index is -0.281. The Morgan fingerprint density at radius 3 is 3.00 bits per heavy atom. The molecule has 0 radical (unpaired) electrons. The van der Waals surface area contributed by atoms with Crippen molar-refractivity contribution in [1.82, 2.24) is 24.9 Å². The summed E-state index contributed by atoms with van der Waals surface area (Å²) in [4.78, 5) is 20.0. The molecule has 3 rings (SSSR count). The molecule has 3 aromatic rings. The number of imidazole rings is 1. The fraction of sp³-hybridized carbons (Fsp3) is 0.143. The molecular formula is C14H14N6O. The number of hydrogen-bond acceptors (Lipinski definition) is 4. The van der Waals surface area contributed by atoms with Crippen LogP contribution in [0.1, 0.15) is 6.92 Å². The van der Waals surface area contributed by atoms with Gasteiger partial charge in [-0.15, -0.1) is 5.10 Å². The smallest absolute Gasteiger partial charge is 0.320 e. The lowest BCUT2D eigenvalue weighted by atomic mass is 10.2. The van der Waals surface area contributed by atoms with Gasteiger partial charge >= 0.3 is 6.03 Å². The average molecular weight is 282 g/mol. The highest BCUT2D eigenvalue weighted by molar-refractivity contribution is 5.88. The Bertz CT molecular complexity index is 767. The van der Waals surface area contributed by atoms with Crippen molar-refractivity contribution >= 4 is 17.5 Å². The molecule has 2 amide bonds. The molecule has 0 bridgehead atoms. The zero-order valence-electron chi connectivity index (χ0n) is 11.4. The maximum absolute atomic E-state index is 11.5. The first-order valence-corrected chi connectivity index (χ1v) is 6.58. The van der Waals surface area contributed by atoms with Crippen LogP contribution in [-0.2, 0) is 0 Å². The largest absolute Gasteiger partial charge is 0.338 e. The third-order valence-electron chi connectivity index (χ3n) is 2.86. The van der Waals surface area contributed by atoms with E-state index in [-0.39, 0.29) is 6.03 Å². The van der Waals surface area contributed by atoms with Crippen molar-refractivity contribution in [3.05, 3.63) is 42.9 Å². The predicted molar refractivity (Wildman–Crippen MR) is 78.9 cm³/mol.